The van der Waals surface area contributed by atoms with Gasteiger partial charge in [-0.2, -0.15) is 0 Å². The topological polar surface area (TPSA) is 57.2 Å². The van der Waals surface area contributed by atoms with Gasteiger partial charge in [-0.25, -0.2) is 4.79 Å². The van der Waals surface area contributed by atoms with Crippen LogP contribution in [0.15, 0.2) is 115 Å². The molecule has 2 aliphatic rings. The Bertz CT molecular complexity index is 1700. The number of hydrogen-bond acceptors (Lipinski definition) is 6. The third-order valence-electron chi connectivity index (χ3n) is 7.52. The maximum atomic E-state index is 13.2. The van der Waals surface area contributed by atoms with Gasteiger partial charge in [0.25, 0.3) is 0 Å². The summed E-state index contributed by atoms with van der Waals surface area (Å²) >= 11 is 0. The van der Waals surface area contributed by atoms with Crippen LogP contribution in [0.1, 0.15) is 27.0 Å². The Kier molecular flexibility index (Phi) is 5.49. The van der Waals surface area contributed by atoms with Crippen molar-refractivity contribution in [1.29, 1.82) is 0 Å². The molecule has 0 amide bonds. The lowest BCUT2D eigenvalue weighted by molar-refractivity contribution is 0.0224. The first kappa shape index (κ1) is 23.9. The van der Waals surface area contributed by atoms with Crippen LogP contribution < -0.4 is 19.1 Å². The second kappa shape index (κ2) is 9.20. The van der Waals surface area contributed by atoms with Gasteiger partial charge in [0.2, 0.25) is 0 Å². The molecule has 1 unspecified atom stereocenters. The molecule has 0 aromatic heterocycles. The number of carbonyl (C=O) groups is 1. The summed E-state index contributed by atoms with van der Waals surface area (Å²) in [7, 11) is 3.30. The zero-order valence-electron chi connectivity index (χ0n) is 22.0. The number of benzene rings is 5. The van der Waals surface area contributed by atoms with Crippen molar-refractivity contribution in [2.45, 2.75) is 5.60 Å². The van der Waals surface area contributed by atoms with E-state index in [9.17, 15) is 4.79 Å². The Morgan fingerprint density at radius 1 is 0.600 bits per heavy atom. The van der Waals surface area contributed by atoms with Crippen molar-refractivity contribution in [3.63, 3.8) is 0 Å². The van der Waals surface area contributed by atoms with Crippen LogP contribution in [0.5, 0.6) is 23.0 Å². The molecule has 2 aliphatic heterocycles. The van der Waals surface area contributed by atoms with E-state index in [1.807, 2.05) is 109 Å². The molecule has 0 bridgehead atoms. The first-order valence-corrected chi connectivity index (χ1v) is 13.0. The van der Waals surface area contributed by atoms with Gasteiger partial charge in [0, 0.05) is 33.8 Å². The van der Waals surface area contributed by atoms with Crippen LogP contribution >= 0.6 is 0 Å². The number of nitrogens with zero attached hydrogens (tertiary/aromatic N) is 1. The van der Waals surface area contributed by atoms with Crippen LogP contribution in [0.4, 0.5) is 17.1 Å². The van der Waals surface area contributed by atoms with Gasteiger partial charge in [0.15, 0.2) is 5.60 Å². The second-order valence-electron chi connectivity index (χ2n) is 9.63. The average Bonchev–Trinajstić information content (AvgIpc) is 3.31. The Labute approximate surface area is 231 Å². The molecule has 7 rings (SSSR count). The lowest BCUT2D eigenvalue weighted by Gasteiger charge is -2.37. The zero-order valence-corrected chi connectivity index (χ0v) is 22.0. The molecule has 6 nitrogen and oxygen atoms in total. The van der Waals surface area contributed by atoms with Crippen molar-refractivity contribution in [3.8, 4) is 23.0 Å². The molecule has 5 aromatic rings. The van der Waals surface area contributed by atoms with Gasteiger partial charge in [-0.3, -0.25) is 0 Å². The Morgan fingerprint density at radius 3 is 1.80 bits per heavy atom. The van der Waals surface area contributed by atoms with E-state index in [-0.39, 0.29) is 5.97 Å². The quantitative estimate of drug-likeness (QED) is 0.218. The predicted octanol–water partition coefficient (Wildman–Crippen LogP) is 7.74. The van der Waals surface area contributed by atoms with E-state index in [2.05, 4.69) is 11.0 Å². The normalized spacial score (nSPS) is 16.3. The molecular weight excluding hydrogens is 502 g/mol. The molecule has 0 saturated carbocycles. The number of para-hydroxylation sites is 1. The molecule has 2 heterocycles. The van der Waals surface area contributed by atoms with Crippen molar-refractivity contribution in [2.75, 3.05) is 19.1 Å². The SMILES string of the molecule is COc1ccc(N(c2ccc(OC)cc2)c2ccc3c(c2)C2(OC(=O)c4ccccc42)c2ccccc2O3)cc1. The number of fused-ring (bicyclic) bond motifs is 6. The summed E-state index contributed by atoms with van der Waals surface area (Å²) in [6, 6.07) is 37.1. The van der Waals surface area contributed by atoms with Crippen LogP contribution in [0.2, 0.25) is 0 Å². The van der Waals surface area contributed by atoms with E-state index in [0.29, 0.717) is 17.1 Å². The maximum absolute atomic E-state index is 13.2. The van der Waals surface area contributed by atoms with Crippen LogP contribution in [-0.2, 0) is 10.3 Å². The predicted molar refractivity (Wildman–Crippen MR) is 152 cm³/mol. The van der Waals surface area contributed by atoms with Gasteiger partial charge in [0.1, 0.15) is 23.0 Å². The highest BCUT2D eigenvalue weighted by Gasteiger charge is 2.53. The van der Waals surface area contributed by atoms with Crippen molar-refractivity contribution >= 4 is 23.0 Å². The molecule has 0 N–H and O–H groups in total. The highest BCUT2D eigenvalue weighted by molar-refractivity contribution is 5.97. The molecule has 1 atom stereocenters. The summed E-state index contributed by atoms with van der Waals surface area (Å²) in [5.41, 5.74) is 4.50. The van der Waals surface area contributed by atoms with E-state index in [4.69, 9.17) is 18.9 Å². The van der Waals surface area contributed by atoms with Crippen molar-refractivity contribution in [2.24, 2.45) is 0 Å². The summed E-state index contributed by atoms with van der Waals surface area (Å²) in [5, 5.41) is 0. The summed E-state index contributed by atoms with van der Waals surface area (Å²) in [6.07, 6.45) is 0. The van der Waals surface area contributed by atoms with Gasteiger partial charge in [-0.15, -0.1) is 0 Å². The summed E-state index contributed by atoms with van der Waals surface area (Å²) in [4.78, 5) is 15.4. The zero-order chi connectivity index (χ0) is 27.3. The van der Waals surface area contributed by atoms with Gasteiger partial charge >= 0.3 is 5.97 Å². The summed E-state index contributed by atoms with van der Waals surface area (Å²) < 4.78 is 23.5. The summed E-state index contributed by atoms with van der Waals surface area (Å²) in [6.45, 7) is 0. The molecule has 196 valence electrons. The number of rotatable bonds is 5. The van der Waals surface area contributed by atoms with Crippen LogP contribution in [-0.4, -0.2) is 20.2 Å². The standard InChI is InChI=1S/C34H25NO5/c1-37-25-16-11-22(12-17-25)35(23-13-18-26(38-2)19-14-23)24-15-20-32-30(21-24)34(29-9-5-6-10-31(29)39-32)28-8-4-3-7-27(28)33(36)40-34/h3-21H,1-2H3. The number of ether oxygens (including phenoxy) is 4. The molecule has 0 saturated heterocycles. The molecule has 0 fully saturated rings. The lowest BCUT2D eigenvalue weighted by atomic mass is 9.77. The number of methoxy groups -OCH3 is 2. The second-order valence-corrected chi connectivity index (χ2v) is 9.63. The fraction of sp³-hybridized carbons (Fsp3) is 0.0882. The minimum Gasteiger partial charge on any atom is -0.497 e. The Hall–Kier alpha value is -5.23. The number of esters is 1. The number of hydrogen-bond donors (Lipinski definition) is 0. The minimum atomic E-state index is -1.14. The van der Waals surface area contributed by atoms with Crippen molar-refractivity contribution in [1.82, 2.24) is 0 Å². The van der Waals surface area contributed by atoms with Crippen molar-refractivity contribution in [3.05, 3.63) is 138 Å². The molecule has 0 aliphatic carbocycles. The molecule has 1 spiro atoms. The highest BCUT2D eigenvalue weighted by atomic mass is 16.6. The van der Waals surface area contributed by atoms with Crippen LogP contribution in [0, 0.1) is 0 Å². The highest BCUT2D eigenvalue weighted by Crippen LogP contribution is 2.57. The lowest BCUT2D eigenvalue weighted by Crippen LogP contribution is -2.33. The van der Waals surface area contributed by atoms with E-state index < -0.39 is 5.60 Å². The van der Waals surface area contributed by atoms with Crippen LogP contribution in [0.25, 0.3) is 0 Å². The molecule has 0 radical (unpaired) electrons. The van der Waals surface area contributed by atoms with Gasteiger partial charge in [0.05, 0.1) is 19.8 Å². The van der Waals surface area contributed by atoms with E-state index in [1.165, 1.54) is 0 Å². The largest absolute Gasteiger partial charge is 0.497 e. The fourth-order valence-electron chi connectivity index (χ4n) is 5.66. The smallest absolute Gasteiger partial charge is 0.340 e. The Balaban J connectivity index is 1.46. The monoisotopic (exact) mass is 527 g/mol. The number of anilines is 3. The fourth-order valence-corrected chi connectivity index (χ4v) is 5.66. The average molecular weight is 528 g/mol. The minimum absolute atomic E-state index is 0.356. The first-order chi connectivity index (χ1) is 19.6. The van der Waals surface area contributed by atoms with Crippen molar-refractivity contribution < 1.29 is 23.7 Å². The van der Waals surface area contributed by atoms with E-state index in [0.717, 1.165) is 45.3 Å². The molecule has 6 heteroatoms. The third kappa shape index (κ3) is 3.53. The van der Waals surface area contributed by atoms with Crippen LogP contribution in [0.3, 0.4) is 0 Å². The molecule has 5 aromatic carbocycles. The summed E-state index contributed by atoms with van der Waals surface area (Å²) in [5.74, 6) is 2.47. The van der Waals surface area contributed by atoms with E-state index >= 15 is 0 Å². The van der Waals surface area contributed by atoms with Gasteiger partial charge in [-0.1, -0.05) is 36.4 Å². The van der Waals surface area contributed by atoms with Gasteiger partial charge in [-0.05, 0) is 78.9 Å². The molecular formula is C34H25NO5. The first-order valence-electron chi connectivity index (χ1n) is 13.0. The number of carbonyl (C=O) groups excluding carboxylic acids is 1. The Morgan fingerprint density at radius 2 is 1.15 bits per heavy atom. The van der Waals surface area contributed by atoms with E-state index in [1.54, 1.807) is 14.2 Å². The maximum Gasteiger partial charge on any atom is 0.340 e. The molecule has 40 heavy (non-hydrogen) atoms. The third-order valence-corrected chi connectivity index (χ3v) is 7.52. The van der Waals surface area contributed by atoms with Gasteiger partial charge < -0.3 is 23.8 Å².